The van der Waals surface area contributed by atoms with Gasteiger partial charge in [0.1, 0.15) is 0 Å². The summed E-state index contributed by atoms with van der Waals surface area (Å²) >= 11 is 0. The van der Waals surface area contributed by atoms with Crippen LogP contribution in [0, 0.1) is 6.92 Å². The molecule has 5 nitrogen and oxygen atoms in total. The largest absolute Gasteiger partial charge is 0.271 e. The highest BCUT2D eigenvalue weighted by Crippen LogP contribution is 2.14. The van der Waals surface area contributed by atoms with E-state index in [4.69, 9.17) is 0 Å². The maximum absolute atomic E-state index is 12.1. The predicted octanol–water partition coefficient (Wildman–Crippen LogP) is 2.40. The quantitative estimate of drug-likeness (QED) is 0.914. The van der Waals surface area contributed by atoms with Crippen LogP contribution < -0.4 is 4.72 Å². The zero-order chi connectivity index (χ0) is 13.9. The highest BCUT2D eigenvalue weighted by atomic mass is 32.2. The van der Waals surface area contributed by atoms with Crippen molar-refractivity contribution in [2.45, 2.75) is 31.7 Å². The first-order valence-corrected chi connectivity index (χ1v) is 7.62. The van der Waals surface area contributed by atoms with Crippen molar-refractivity contribution in [1.82, 2.24) is 9.78 Å². The molecule has 1 heterocycles. The number of nitrogens with zero attached hydrogens (tertiary/aromatic N) is 2. The Morgan fingerprint density at radius 1 is 1.21 bits per heavy atom. The average molecular weight is 279 g/mol. The first kappa shape index (κ1) is 13.6. The zero-order valence-corrected chi connectivity index (χ0v) is 11.8. The van der Waals surface area contributed by atoms with Gasteiger partial charge in [-0.05, 0) is 25.5 Å². The average Bonchev–Trinajstić information content (AvgIpc) is 2.77. The Labute approximate surface area is 113 Å². The third kappa shape index (κ3) is 3.35. The van der Waals surface area contributed by atoms with Crippen LogP contribution in [0.1, 0.15) is 18.9 Å². The van der Waals surface area contributed by atoms with Gasteiger partial charge in [-0.1, -0.05) is 24.6 Å². The normalized spacial score (nSPS) is 11.5. The minimum atomic E-state index is -3.56. The number of sulfonamides is 1. The lowest BCUT2D eigenvalue weighted by Crippen LogP contribution is -2.13. The molecule has 1 aromatic carbocycles. The molecule has 2 rings (SSSR count). The number of benzene rings is 1. The Bertz CT molecular complexity index is 645. The Balaban J connectivity index is 2.18. The number of hydrogen-bond acceptors (Lipinski definition) is 3. The van der Waals surface area contributed by atoms with E-state index in [2.05, 4.69) is 9.82 Å². The zero-order valence-electron chi connectivity index (χ0n) is 11.0. The van der Waals surface area contributed by atoms with Crippen LogP contribution in [0.4, 0.5) is 5.82 Å². The molecule has 2 aromatic rings. The maximum atomic E-state index is 12.1. The van der Waals surface area contributed by atoms with Crippen molar-refractivity contribution in [2.75, 3.05) is 4.72 Å². The summed E-state index contributed by atoms with van der Waals surface area (Å²) in [5.41, 5.74) is 1.02. The maximum Gasteiger partial charge on any atom is 0.263 e. The van der Waals surface area contributed by atoms with Crippen LogP contribution in [0.5, 0.6) is 0 Å². The first-order chi connectivity index (χ1) is 9.01. The van der Waals surface area contributed by atoms with E-state index in [9.17, 15) is 8.42 Å². The highest BCUT2D eigenvalue weighted by Gasteiger charge is 2.15. The van der Waals surface area contributed by atoms with Crippen molar-refractivity contribution in [1.29, 1.82) is 0 Å². The summed E-state index contributed by atoms with van der Waals surface area (Å²) in [7, 11) is -3.56. The summed E-state index contributed by atoms with van der Waals surface area (Å²) in [5, 5.41) is 4.15. The van der Waals surface area contributed by atoms with Crippen LogP contribution >= 0.6 is 0 Å². The van der Waals surface area contributed by atoms with Gasteiger partial charge < -0.3 is 0 Å². The Kier molecular flexibility index (Phi) is 3.90. The molecule has 0 spiro atoms. The van der Waals surface area contributed by atoms with E-state index in [0.717, 1.165) is 18.5 Å². The van der Waals surface area contributed by atoms with Crippen LogP contribution in [-0.2, 0) is 16.6 Å². The third-order valence-electron chi connectivity index (χ3n) is 2.66. The molecular formula is C13H17N3O2S. The summed E-state index contributed by atoms with van der Waals surface area (Å²) in [6.45, 7) is 4.72. The van der Waals surface area contributed by atoms with E-state index in [-0.39, 0.29) is 4.90 Å². The summed E-state index contributed by atoms with van der Waals surface area (Å²) in [6.07, 6.45) is 2.71. The number of hydrogen-bond donors (Lipinski definition) is 1. The molecule has 1 aromatic heterocycles. The second-order valence-electron chi connectivity index (χ2n) is 4.38. The fourth-order valence-electron chi connectivity index (χ4n) is 1.68. The molecule has 0 unspecified atom stereocenters. The summed E-state index contributed by atoms with van der Waals surface area (Å²) in [5.74, 6) is 0.342. The fourth-order valence-corrected chi connectivity index (χ4v) is 2.68. The van der Waals surface area contributed by atoms with Crippen LogP contribution in [0.2, 0.25) is 0 Å². The van der Waals surface area contributed by atoms with E-state index in [1.165, 1.54) is 0 Å². The van der Waals surface area contributed by atoms with Crippen LogP contribution in [-0.4, -0.2) is 18.2 Å². The standard InChI is InChI=1S/C13H17N3O2S/c1-3-9-16-10-8-13(14-16)15-19(17,18)12-6-4-11(2)5-7-12/h4-8,10H,3,9H2,1-2H3,(H,14,15). The summed E-state index contributed by atoms with van der Waals surface area (Å²) in [4.78, 5) is 0.239. The lowest BCUT2D eigenvalue weighted by molar-refractivity contribution is 0.597. The lowest BCUT2D eigenvalue weighted by atomic mass is 10.2. The number of aromatic nitrogens is 2. The molecule has 0 aliphatic heterocycles. The molecule has 0 aliphatic rings. The second kappa shape index (κ2) is 5.44. The molecule has 0 amide bonds. The van der Waals surface area contributed by atoms with E-state index < -0.39 is 10.0 Å². The molecule has 102 valence electrons. The Morgan fingerprint density at radius 2 is 1.89 bits per heavy atom. The molecule has 0 aliphatic carbocycles. The van der Waals surface area contributed by atoms with Gasteiger partial charge in [0, 0.05) is 18.8 Å². The van der Waals surface area contributed by atoms with E-state index in [0.29, 0.717) is 5.82 Å². The monoisotopic (exact) mass is 279 g/mol. The van der Waals surface area contributed by atoms with Gasteiger partial charge in [0.2, 0.25) is 0 Å². The molecule has 0 atom stereocenters. The Hall–Kier alpha value is -1.82. The molecule has 1 N–H and O–H groups in total. The number of anilines is 1. The van der Waals surface area contributed by atoms with Crippen LogP contribution in [0.15, 0.2) is 41.4 Å². The van der Waals surface area contributed by atoms with Crippen molar-refractivity contribution in [3.63, 3.8) is 0 Å². The second-order valence-corrected chi connectivity index (χ2v) is 6.07. The van der Waals surface area contributed by atoms with Crippen molar-refractivity contribution in [3.05, 3.63) is 42.1 Å². The molecule has 0 radical (unpaired) electrons. The molecule has 0 saturated heterocycles. The molecule has 19 heavy (non-hydrogen) atoms. The van der Waals surface area contributed by atoms with Gasteiger partial charge >= 0.3 is 0 Å². The van der Waals surface area contributed by atoms with Gasteiger partial charge in [-0.2, -0.15) is 5.10 Å². The van der Waals surface area contributed by atoms with E-state index in [1.54, 1.807) is 41.2 Å². The molecule has 0 bridgehead atoms. The molecular weight excluding hydrogens is 262 g/mol. The van der Waals surface area contributed by atoms with Crippen molar-refractivity contribution in [2.24, 2.45) is 0 Å². The predicted molar refractivity (Wildman–Crippen MR) is 74.5 cm³/mol. The Morgan fingerprint density at radius 3 is 2.53 bits per heavy atom. The minimum Gasteiger partial charge on any atom is -0.271 e. The SMILES string of the molecule is CCCn1ccc(NS(=O)(=O)c2ccc(C)cc2)n1. The number of aryl methyl sites for hydroxylation is 2. The number of nitrogens with one attached hydrogen (secondary N) is 1. The van der Waals surface area contributed by atoms with Crippen molar-refractivity contribution >= 4 is 15.8 Å². The summed E-state index contributed by atoms with van der Waals surface area (Å²) < 4.78 is 28.4. The lowest BCUT2D eigenvalue weighted by Gasteiger charge is -2.05. The number of rotatable bonds is 5. The van der Waals surface area contributed by atoms with Crippen LogP contribution in [0.3, 0.4) is 0 Å². The summed E-state index contributed by atoms with van der Waals surface area (Å²) in [6, 6.07) is 8.36. The molecule has 0 saturated carbocycles. The third-order valence-corrected chi connectivity index (χ3v) is 4.03. The minimum absolute atomic E-state index is 0.239. The van der Waals surface area contributed by atoms with Crippen molar-refractivity contribution in [3.8, 4) is 0 Å². The topological polar surface area (TPSA) is 64.0 Å². The first-order valence-electron chi connectivity index (χ1n) is 6.14. The van der Waals surface area contributed by atoms with Gasteiger partial charge in [-0.25, -0.2) is 8.42 Å². The molecule has 0 fully saturated rings. The van der Waals surface area contributed by atoms with Gasteiger partial charge in [0.05, 0.1) is 4.90 Å². The molecule has 6 heteroatoms. The van der Waals surface area contributed by atoms with Gasteiger partial charge in [-0.15, -0.1) is 0 Å². The highest BCUT2D eigenvalue weighted by molar-refractivity contribution is 7.92. The van der Waals surface area contributed by atoms with Gasteiger partial charge in [-0.3, -0.25) is 9.40 Å². The van der Waals surface area contributed by atoms with Crippen molar-refractivity contribution < 1.29 is 8.42 Å². The smallest absolute Gasteiger partial charge is 0.263 e. The van der Waals surface area contributed by atoms with E-state index in [1.807, 2.05) is 13.8 Å². The van der Waals surface area contributed by atoms with E-state index >= 15 is 0 Å². The fraction of sp³-hybridized carbons (Fsp3) is 0.308. The van der Waals surface area contributed by atoms with Crippen LogP contribution in [0.25, 0.3) is 0 Å². The van der Waals surface area contributed by atoms with Gasteiger partial charge in [0.25, 0.3) is 10.0 Å². The van der Waals surface area contributed by atoms with Gasteiger partial charge in [0.15, 0.2) is 5.82 Å².